The van der Waals surface area contributed by atoms with Gasteiger partial charge < -0.3 is 10.1 Å². The minimum atomic E-state index is 0.716. The van der Waals surface area contributed by atoms with Gasteiger partial charge in [0.05, 0.1) is 13.2 Å². The van der Waals surface area contributed by atoms with E-state index in [1.807, 2.05) is 7.05 Å². The molecule has 0 aromatic carbocycles. The van der Waals surface area contributed by atoms with Crippen LogP contribution in [0, 0.1) is 5.92 Å². The van der Waals surface area contributed by atoms with E-state index < -0.39 is 0 Å². The van der Waals surface area contributed by atoms with E-state index in [4.69, 9.17) is 4.74 Å². The normalized spacial score (nSPS) is 18.7. The predicted octanol–water partition coefficient (Wildman–Crippen LogP) is 0.000600. The molecule has 0 atom stereocenters. The topological polar surface area (TPSA) is 39.8 Å². The number of hydrogen-bond acceptors (Lipinski definition) is 5. The van der Waals surface area contributed by atoms with E-state index in [1.54, 1.807) is 0 Å². The van der Waals surface area contributed by atoms with Gasteiger partial charge >= 0.3 is 0 Å². The zero-order valence-corrected chi connectivity index (χ0v) is 12.2. The molecule has 0 bridgehead atoms. The van der Waals surface area contributed by atoms with E-state index in [0.717, 1.165) is 59.0 Å². The molecule has 1 aliphatic heterocycles. The number of hydrogen-bond donors (Lipinski definition) is 2. The first kappa shape index (κ1) is 15.9. The van der Waals surface area contributed by atoms with Crippen LogP contribution in [0.15, 0.2) is 0 Å². The molecule has 0 aromatic heterocycles. The highest BCUT2D eigenvalue weighted by Gasteiger charge is 2.14. The fourth-order valence-corrected chi connectivity index (χ4v) is 2.03. The predicted molar refractivity (Wildman–Crippen MR) is 75.6 cm³/mol. The fraction of sp³-hybridized carbons (Fsp3) is 1.00. The molecule has 2 N–H and O–H groups in total. The first-order chi connectivity index (χ1) is 8.72. The summed E-state index contributed by atoms with van der Waals surface area (Å²) in [5, 5.41) is 5.64. The molecule has 1 fully saturated rings. The lowest BCUT2D eigenvalue weighted by molar-refractivity contribution is 0.0625. The molecule has 0 aliphatic carbocycles. The monoisotopic (exact) mass is 258 g/mol. The Bertz CT molecular complexity index is 193. The molecule has 1 heterocycles. The standard InChI is InChI=1S/C13H30N4O/c1-13(2)12-15-4-10-18-11-9-16-5-7-17(14-3)8-6-16/h13-15H,4-12H2,1-3H3. The summed E-state index contributed by atoms with van der Waals surface area (Å²) in [6.45, 7) is 13.7. The Morgan fingerprint density at radius 1 is 1.11 bits per heavy atom. The summed E-state index contributed by atoms with van der Waals surface area (Å²) in [5.74, 6) is 0.716. The molecule has 5 nitrogen and oxygen atoms in total. The Kier molecular flexibility index (Phi) is 8.54. The lowest BCUT2D eigenvalue weighted by Gasteiger charge is -2.33. The molecule has 0 aromatic rings. The van der Waals surface area contributed by atoms with E-state index in [-0.39, 0.29) is 0 Å². The maximum atomic E-state index is 5.64. The second kappa shape index (κ2) is 9.69. The van der Waals surface area contributed by atoms with E-state index in [2.05, 4.69) is 34.5 Å². The quantitative estimate of drug-likeness (QED) is 0.570. The third-order valence-corrected chi connectivity index (χ3v) is 3.22. The van der Waals surface area contributed by atoms with Gasteiger partial charge in [-0.3, -0.25) is 10.3 Å². The first-order valence-corrected chi connectivity index (χ1v) is 7.15. The van der Waals surface area contributed by atoms with Crippen LogP contribution < -0.4 is 10.7 Å². The molecule has 1 rings (SSSR count). The largest absolute Gasteiger partial charge is 0.379 e. The maximum absolute atomic E-state index is 5.64. The summed E-state index contributed by atoms with van der Waals surface area (Å²) in [4.78, 5) is 2.47. The third-order valence-electron chi connectivity index (χ3n) is 3.22. The van der Waals surface area contributed by atoms with Gasteiger partial charge in [-0.05, 0) is 19.5 Å². The van der Waals surface area contributed by atoms with Crippen molar-refractivity contribution >= 4 is 0 Å². The fourth-order valence-electron chi connectivity index (χ4n) is 2.03. The third kappa shape index (κ3) is 7.28. The molecule has 1 saturated heterocycles. The van der Waals surface area contributed by atoms with Crippen molar-refractivity contribution in [1.29, 1.82) is 0 Å². The number of nitrogens with one attached hydrogen (secondary N) is 2. The second-order valence-electron chi connectivity index (χ2n) is 5.26. The molecule has 5 heteroatoms. The van der Waals surface area contributed by atoms with Crippen molar-refractivity contribution in [3.8, 4) is 0 Å². The van der Waals surface area contributed by atoms with Crippen molar-refractivity contribution in [2.75, 3.05) is 66.1 Å². The lowest BCUT2D eigenvalue weighted by Crippen LogP contribution is -2.51. The van der Waals surface area contributed by atoms with Crippen LogP contribution in [-0.2, 0) is 4.74 Å². The molecule has 0 unspecified atom stereocenters. The van der Waals surface area contributed by atoms with Gasteiger partial charge in [-0.25, -0.2) is 5.01 Å². The van der Waals surface area contributed by atoms with Gasteiger partial charge in [0.15, 0.2) is 0 Å². The lowest BCUT2D eigenvalue weighted by atomic mass is 10.2. The zero-order chi connectivity index (χ0) is 13.2. The van der Waals surface area contributed by atoms with Gasteiger partial charge in [-0.1, -0.05) is 13.8 Å². The summed E-state index contributed by atoms with van der Waals surface area (Å²) >= 11 is 0. The van der Waals surface area contributed by atoms with Crippen molar-refractivity contribution in [3.63, 3.8) is 0 Å². The molecular weight excluding hydrogens is 228 g/mol. The van der Waals surface area contributed by atoms with Crippen LogP contribution in [0.5, 0.6) is 0 Å². The molecule has 18 heavy (non-hydrogen) atoms. The molecule has 0 radical (unpaired) electrons. The summed E-state index contributed by atoms with van der Waals surface area (Å²) in [5.41, 5.74) is 3.19. The summed E-state index contributed by atoms with van der Waals surface area (Å²) in [7, 11) is 1.99. The number of piperazine rings is 1. The van der Waals surface area contributed by atoms with Crippen molar-refractivity contribution in [2.45, 2.75) is 13.8 Å². The smallest absolute Gasteiger partial charge is 0.0594 e. The molecular formula is C13H30N4O. The van der Waals surface area contributed by atoms with Gasteiger partial charge in [0.2, 0.25) is 0 Å². The van der Waals surface area contributed by atoms with Crippen LogP contribution in [-0.4, -0.2) is 76.0 Å². The molecule has 0 saturated carbocycles. The van der Waals surface area contributed by atoms with Gasteiger partial charge in [0.1, 0.15) is 0 Å². The number of ether oxygens (including phenoxy) is 1. The van der Waals surface area contributed by atoms with E-state index in [1.165, 1.54) is 0 Å². The summed E-state index contributed by atoms with van der Waals surface area (Å²) in [6.07, 6.45) is 0. The van der Waals surface area contributed by atoms with Crippen LogP contribution >= 0.6 is 0 Å². The Balaban J connectivity index is 1.86. The van der Waals surface area contributed by atoms with Crippen LogP contribution in [0.1, 0.15) is 13.8 Å². The average Bonchev–Trinajstić information content (AvgIpc) is 2.38. The van der Waals surface area contributed by atoms with Gasteiger partial charge in [0, 0.05) is 39.3 Å². The van der Waals surface area contributed by atoms with Crippen LogP contribution in [0.25, 0.3) is 0 Å². The molecule has 0 amide bonds. The zero-order valence-electron chi connectivity index (χ0n) is 12.2. The highest BCUT2D eigenvalue weighted by molar-refractivity contribution is 4.68. The summed E-state index contributed by atoms with van der Waals surface area (Å²) in [6, 6.07) is 0. The maximum Gasteiger partial charge on any atom is 0.0594 e. The Labute approximate surface area is 112 Å². The van der Waals surface area contributed by atoms with Crippen molar-refractivity contribution in [2.24, 2.45) is 5.92 Å². The SMILES string of the molecule is CNN1CCN(CCOCCNCC(C)C)CC1. The molecule has 108 valence electrons. The molecule has 1 aliphatic rings. The number of nitrogens with zero attached hydrogens (tertiary/aromatic N) is 2. The van der Waals surface area contributed by atoms with Gasteiger partial charge in [-0.15, -0.1) is 0 Å². The average molecular weight is 258 g/mol. The van der Waals surface area contributed by atoms with Crippen molar-refractivity contribution in [1.82, 2.24) is 20.7 Å². The minimum absolute atomic E-state index is 0.716. The Morgan fingerprint density at radius 2 is 1.83 bits per heavy atom. The first-order valence-electron chi connectivity index (χ1n) is 7.15. The Morgan fingerprint density at radius 3 is 2.44 bits per heavy atom. The number of hydrazine groups is 1. The van der Waals surface area contributed by atoms with Crippen molar-refractivity contribution in [3.05, 3.63) is 0 Å². The highest BCUT2D eigenvalue weighted by Crippen LogP contribution is 1.97. The highest BCUT2D eigenvalue weighted by atomic mass is 16.5. The van der Waals surface area contributed by atoms with E-state index in [0.29, 0.717) is 5.92 Å². The molecule has 0 spiro atoms. The van der Waals surface area contributed by atoms with Crippen molar-refractivity contribution < 1.29 is 4.74 Å². The van der Waals surface area contributed by atoms with Gasteiger partial charge in [0.25, 0.3) is 0 Å². The number of rotatable bonds is 9. The van der Waals surface area contributed by atoms with Crippen LogP contribution in [0.2, 0.25) is 0 Å². The van der Waals surface area contributed by atoms with Gasteiger partial charge in [-0.2, -0.15) is 0 Å². The van der Waals surface area contributed by atoms with E-state index >= 15 is 0 Å². The second-order valence-corrected chi connectivity index (χ2v) is 5.26. The Hall–Kier alpha value is -0.200. The van der Waals surface area contributed by atoms with Crippen LogP contribution in [0.3, 0.4) is 0 Å². The van der Waals surface area contributed by atoms with E-state index in [9.17, 15) is 0 Å². The minimum Gasteiger partial charge on any atom is -0.379 e. The summed E-state index contributed by atoms with van der Waals surface area (Å²) < 4.78 is 5.64. The van der Waals surface area contributed by atoms with Crippen LogP contribution in [0.4, 0.5) is 0 Å².